The molecule has 9 nitrogen and oxygen atoms in total. The molecule has 0 saturated heterocycles. The Balaban J connectivity index is 1.70. The number of rotatable bonds is 9. The van der Waals surface area contributed by atoms with E-state index in [1.807, 2.05) is 63.5 Å². The van der Waals surface area contributed by atoms with Gasteiger partial charge in [-0.15, -0.1) is 0 Å². The summed E-state index contributed by atoms with van der Waals surface area (Å²) in [6, 6.07) is 13.3. The van der Waals surface area contributed by atoms with E-state index in [9.17, 15) is 4.79 Å². The Morgan fingerprint density at radius 1 is 1.17 bits per heavy atom. The Bertz CT molecular complexity index is 1340. The van der Waals surface area contributed by atoms with Crippen LogP contribution in [0.25, 0.3) is 22.2 Å². The molecule has 0 aliphatic carbocycles. The third-order valence-corrected chi connectivity index (χ3v) is 6.07. The van der Waals surface area contributed by atoms with Gasteiger partial charge in [0.2, 0.25) is 5.91 Å². The number of aromatic amines is 1. The molecule has 4 aromatic rings. The molecule has 0 aliphatic rings. The van der Waals surface area contributed by atoms with Crippen LogP contribution < -0.4 is 15.8 Å². The maximum absolute atomic E-state index is 11.3. The Labute approximate surface area is 208 Å². The lowest BCUT2D eigenvalue weighted by atomic mass is 10.0. The van der Waals surface area contributed by atoms with Crippen LogP contribution in [-0.4, -0.2) is 58.2 Å². The van der Waals surface area contributed by atoms with Gasteiger partial charge in [-0.1, -0.05) is 0 Å². The van der Waals surface area contributed by atoms with Gasteiger partial charge in [0.25, 0.3) is 0 Å². The summed E-state index contributed by atoms with van der Waals surface area (Å²) < 4.78 is 6.13. The molecule has 1 amide bonds. The molecule has 0 bridgehead atoms. The molecule has 2 heterocycles. The number of fused-ring (bicyclic) bond motifs is 1. The lowest BCUT2D eigenvalue weighted by Gasteiger charge is -2.14. The number of nitrogens with one attached hydrogen (secondary N) is 2. The maximum Gasteiger partial charge on any atom is 0.221 e. The minimum Gasteiger partial charge on any atom is -0.491 e. The number of aryl methyl sites for hydroxylation is 1. The summed E-state index contributed by atoms with van der Waals surface area (Å²) in [5, 5.41) is 11.4. The molecule has 0 saturated carbocycles. The number of nitrogens with zero attached hydrogens (tertiary/aromatic N) is 4. The van der Waals surface area contributed by atoms with Crippen molar-refractivity contribution in [1.29, 1.82) is 0 Å². The number of carbonyl (C=O) groups excluding carboxylic acids is 1. The molecule has 10 heteroatoms. The van der Waals surface area contributed by atoms with Crippen molar-refractivity contribution in [3.63, 3.8) is 0 Å². The number of aromatic nitrogens is 4. The van der Waals surface area contributed by atoms with Crippen molar-refractivity contribution in [2.24, 2.45) is 0 Å². The first-order valence-corrected chi connectivity index (χ1v) is 12.1. The molecule has 0 atom stereocenters. The monoisotopic (exact) mass is 491 g/mol. The van der Waals surface area contributed by atoms with Crippen molar-refractivity contribution in [3.8, 4) is 17.0 Å². The topological polar surface area (TPSA) is 122 Å². The lowest BCUT2D eigenvalue weighted by molar-refractivity contribution is -0.114. The van der Waals surface area contributed by atoms with Crippen LogP contribution in [0.15, 0.2) is 52.5 Å². The zero-order valence-electron chi connectivity index (χ0n) is 20.3. The minimum absolute atomic E-state index is 0.114. The molecular formula is C25H29N7O2S. The average Bonchev–Trinajstić information content (AvgIpc) is 3.23. The van der Waals surface area contributed by atoms with Gasteiger partial charge >= 0.3 is 0 Å². The summed E-state index contributed by atoms with van der Waals surface area (Å²) in [6.45, 7) is 4.92. The summed E-state index contributed by atoms with van der Waals surface area (Å²) in [6.07, 6.45) is 0.887. The van der Waals surface area contributed by atoms with Gasteiger partial charge in [-0.25, -0.2) is 9.97 Å². The fraction of sp³-hybridized carbons (Fsp3) is 0.280. The number of nitrogens with two attached hydrogens (primary N) is 1. The first-order chi connectivity index (χ1) is 16.8. The zero-order valence-corrected chi connectivity index (χ0v) is 21.1. The first kappa shape index (κ1) is 24.5. The van der Waals surface area contributed by atoms with Crippen LogP contribution in [0.5, 0.6) is 5.75 Å². The number of benzene rings is 2. The Morgan fingerprint density at radius 2 is 1.94 bits per heavy atom. The van der Waals surface area contributed by atoms with Gasteiger partial charge in [-0.2, -0.15) is 5.10 Å². The van der Waals surface area contributed by atoms with Gasteiger partial charge in [0.1, 0.15) is 17.1 Å². The molecular weight excluding hydrogens is 462 g/mol. The molecule has 4 N–H and O–H groups in total. The van der Waals surface area contributed by atoms with Crippen molar-refractivity contribution in [2.75, 3.05) is 38.3 Å². The molecule has 0 spiro atoms. The van der Waals surface area contributed by atoms with Gasteiger partial charge in [-0.05, 0) is 81.7 Å². The highest BCUT2D eigenvalue weighted by molar-refractivity contribution is 7.99. The van der Waals surface area contributed by atoms with E-state index < -0.39 is 0 Å². The highest BCUT2D eigenvalue weighted by Gasteiger charge is 2.18. The number of ether oxygens (including phenoxy) is 1. The number of amides is 1. The molecule has 0 unspecified atom stereocenters. The molecule has 0 aliphatic heterocycles. The van der Waals surface area contributed by atoms with E-state index in [2.05, 4.69) is 25.4 Å². The van der Waals surface area contributed by atoms with Gasteiger partial charge in [0.15, 0.2) is 5.16 Å². The summed E-state index contributed by atoms with van der Waals surface area (Å²) in [5.74, 6) is 0.908. The van der Waals surface area contributed by atoms with Crippen molar-refractivity contribution >= 4 is 40.1 Å². The fourth-order valence-electron chi connectivity index (χ4n) is 3.63. The number of nitrogen functional groups attached to an aromatic ring is 1. The smallest absolute Gasteiger partial charge is 0.221 e. The minimum atomic E-state index is -0.114. The zero-order chi connectivity index (χ0) is 24.9. The molecule has 35 heavy (non-hydrogen) atoms. The van der Waals surface area contributed by atoms with E-state index in [4.69, 9.17) is 15.5 Å². The molecule has 182 valence electrons. The summed E-state index contributed by atoms with van der Waals surface area (Å²) in [5.41, 5.74) is 10.4. The van der Waals surface area contributed by atoms with Gasteiger partial charge in [0.05, 0.1) is 17.7 Å². The van der Waals surface area contributed by atoms with Crippen molar-refractivity contribution in [3.05, 3.63) is 48.2 Å². The van der Waals surface area contributed by atoms with Crippen molar-refractivity contribution < 1.29 is 9.53 Å². The second kappa shape index (κ2) is 10.7. The molecule has 4 rings (SSSR count). The predicted molar refractivity (Wildman–Crippen MR) is 140 cm³/mol. The van der Waals surface area contributed by atoms with Crippen molar-refractivity contribution in [1.82, 2.24) is 25.1 Å². The maximum atomic E-state index is 11.3. The average molecular weight is 492 g/mol. The Hall–Kier alpha value is -3.63. The third-order valence-electron chi connectivity index (χ3n) is 5.19. The normalized spacial score (nSPS) is 11.2. The van der Waals surface area contributed by atoms with E-state index in [0.717, 1.165) is 40.5 Å². The van der Waals surface area contributed by atoms with Crippen LogP contribution in [0.4, 0.5) is 11.5 Å². The molecule has 0 radical (unpaired) electrons. The van der Waals surface area contributed by atoms with Gasteiger partial charge in [0, 0.05) is 35.3 Å². The van der Waals surface area contributed by atoms with Gasteiger partial charge in [-0.3, -0.25) is 9.89 Å². The van der Waals surface area contributed by atoms with Crippen LogP contribution in [0.1, 0.15) is 19.0 Å². The molecule has 2 aromatic carbocycles. The lowest BCUT2D eigenvalue weighted by Crippen LogP contribution is -2.15. The Kier molecular flexibility index (Phi) is 7.52. The third kappa shape index (κ3) is 6.09. The quantitative estimate of drug-likeness (QED) is 0.233. The largest absolute Gasteiger partial charge is 0.491 e. The number of carbonyl (C=O) groups is 1. The summed E-state index contributed by atoms with van der Waals surface area (Å²) >= 11 is 1.39. The number of H-pyrrole nitrogens is 1. The van der Waals surface area contributed by atoms with Crippen LogP contribution in [-0.2, 0) is 4.79 Å². The van der Waals surface area contributed by atoms with E-state index in [-0.39, 0.29) is 5.91 Å². The van der Waals surface area contributed by atoms with Crippen molar-refractivity contribution in [2.45, 2.75) is 30.3 Å². The van der Waals surface area contributed by atoms with E-state index in [1.165, 1.54) is 18.7 Å². The summed E-state index contributed by atoms with van der Waals surface area (Å²) in [4.78, 5) is 23.7. The van der Waals surface area contributed by atoms with Crippen LogP contribution in [0.3, 0.4) is 0 Å². The van der Waals surface area contributed by atoms with E-state index >= 15 is 0 Å². The second-order valence-corrected chi connectivity index (χ2v) is 9.52. The highest BCUT2D eigenvalue weighted by Crippen LogP contribution is 2.38. The number of hydrogen-bond acceptors (Lipinski definition) is 8. The predicted octanol–water partition coefficient (Wildman–Crippen LogP) is 4.35. The van der Waals surface area contributed by atoms with Crippen LogP contribution in [0, 0.1) is 6.92 Å². The first-order valence-electron chi connectivity index (χ1n) is 11.3. The molecule has 2 aromatic heterocycles. The molecule has 0 fully saturated rings. The van der Waals surface area contributed by atoms with E-state index in [0.29, 0.717) is 34.2 Å². The number of hydrogen-bond donors (Lipinski definition) is 3. The van der Waals surface area contributed by atoms with Crippen LogP contribution in [0.2, 0.25) is 0 Å². The fourth-order valence-corrected chi connectivity index (χ4v) is 4.40. The SMILES string of the molecule is CC(=O)Nc1ccc(Sc2nc(N)c3c(-c4cc(C)[nH]n4)ccc(OCCCN(C)C)c3n2)cc1. The number of anilines is 2. The van der Waals surface area contributed by atoms with Crippen LogP contribution >= 0.6 is 11.8 Å². The summed E-state index contributed by atoms with van der Waals surface area (Å²) in [7, 11) is 4.08. The highest BCUT2D eigenvalue weighted by atomic mass is 32.2. The second-order valence-electron chi connectivity index (χ2n) is 8.48. The van der Waals surface area contributed by atoms with Gasteiger partial charge < -0.3 is 20.7 Å². The standard InChI is InChI=1S/C25H29N7O2S/c1-15-14-20(31-30-15)19-10-11-21(34-13-5-12-32(3)4)23-22(19)24(26)29-25(28-23)35-18-8-6-17(7-9-18)27-16(2)33/h6-11,14H,5,12-13H2,1-4H3,(H,27,33)(H,30,31)(H2,26,28,29). The Morgan fingerprint density at radius 3 is 2.60 bits per heavy atom. The van der Waals surface area contributed by atoms with E-state index in [1.54, 1.807) is 0 Å².